The molecule has 1 aromatic rings. The van der Waals surface area contributed by atoms with Crippen molar-refractivity contribution in [1.29, 1.82) is 0 Å². The molecule has 0 aliphatic carbocycles. The SMILES string of the molecule is C=CCc1c(C)c(C(=O)O)cc(F)c1OCC. The van der Waals surface area contributed by atoms with Crippen molar-refractivity contribution in [2.45, 2.75) is 20.3 Å². The molecule has 0 aliphatic heterocycles. The number of hydrogen-bond acceptors (Lipinski definition) is 2. The van der Waals surface area contributed by atoms with E-state index in [9.17, 15) is 9.18 Å². The fourth-order valence-electron chi connectivity index (χ4n) is 1.69. The van der Waals surface area contributed by atoms with Gasteiger partial charge in [-0.2, -0.15) is 0 Å². The third-order valence-electron chi connectivity index (χ3n) is 2.49. The minimum absolute atomic E-state index is 0.0391. The van der Waals surface area contributed by atoms with Gasteiger partial charge in [-0.1, -0.05) is 6.08 Å². The number of rotatable bonds is 5. The van der Waals surface area contributed by atoms with Gasteiger partial charge in [0, 0.05) is 5.56 Å². The number of ether oxygens (including phenoxy) is 1. The molecule has 1 rings (SSSR count). The molecule has 0 saturated carbocycles. The maximum atomic E-state index is 13.7. The molecule has 0 aliphatic rings. The summed E-state index contributed by atoms with van der Waals surface area (Å²) in [6, 6.07) is 0.995. The quantitative estimate of drug-likeness (QED) is 0.802. The fraction of sp³-hybridized carbons (Fsp3) is 0.308. The van der Waals surface area contributed by atoms with Crippen LogP contribution < -0.4 is 4.74 Å². The summed E-state index contributed by atoms with van der Waals surface area (Å²) in [4.78, 5) is 11.0. The smallest absolute Gasteiger partial charge is 0.336 e. The Morgan fingerprint density at radius 3 is 2.76 bits per heavy atom. The Balaban J connectivity index is 3.46. The van der Waals surface area contributed by atoms with E-state index in [1.165, 1.54) is 0 Å². The standard InChI is InChI=1S/C13H15FO3/c1-4-6-9-8(3)10(13(15)16)7-11(14)12(9)17-5-2/h4,7H,1,5-6H2,2-3H3,(H,15,16). The lowest BCUT2D eigenvalue weighted by Crippen LogP contribution is -2.08. The van der Waals surface area contributed by atoms with E-state index in [4.69, 9.17) is 9.84 Å². The van der Waals surface area contributed by atoms with Crippen molar-refractivity contribution < 1.29 is 19.0 Å². The minimum Gasteiger partial charge on any atom is -0.490 e. The highest BCUT2D eigenvalue weighted by Crippen LogP contribution is 2.29. The van der Waals surface area contributed by atoms with E-state index in [0.717, 1.165) is 6.07 Å². The molecular formula is C13H15FO3. The third kappa shape index (κ3) is 2.64. The summed E-state index contributed by atoms with van der Waals surface area (Å²) in [7, 11) is 0. The molecule has 0 aromatic heterocycles. The molecule has 92 valence electrons. The van der Waals surface area contributed by atoms with Gasteiger partial charge >= 0.3 is 5.97 Å². The summed E-state index contributed by atoms with van der Waals surface area (Å²) < 4.78 is 19.0. The monoisotopic (exact) mass is 238 g/mol. The highest BCUT2D eigenvalue weighted by molar-refractivity contribution is 5.90. The third-order valence-corrected chi connectivity index (χ3v) is 2.49. The van der Waals surface area contributed by atoms with Gasteiger partial charge in [0.2, 0.25) is 0 Å². The van der Waals surface area contributed by atoms with Gasteiger partial charge in [0.25, 0.3) is 0 Å². The number of aromatic carboxylic acids is 1. The largest absolute Gasteiger partial charge is 0.490 e. The molecule has 1 aromatic carbocycles. The number of carboxylic acid groups (broad SMARTS) is 1. The van der Waals surface area contributed by atoms with Crippen molar-refractivity contribution in [2.75, 3.05) is 6.61 Å². The average molecular weight is 238 g/mol. The first kappa shape index (κ1) is 13.2. The highest BCUT2D eigenvalue weighted by Gasteiger charge is 2.19. The van der Waals surface area contributed by atoms with Crippen LogP contribution >= 0.6 is 0 Å². The van der Waals surface area contributed by atoms with Crippen molar-refractivity contribution in [3.05, 3.63) is 41.2 Å². The van der Waals surface area contributed by atoms with Crippen LogP contribution in [0.25, 0.3) is 0 Å². The Morgan fingerprint density at radius 2 is 2.29 bits per heavy atom. The first-order chi connectivity index (χ1) is 8.02. The van der Waals surface area contributed by atoms with Crippen LogP contribution in [-0.2, 0) is 6.42 Å². The van der Waals surface area contributed by atoms with Gasteiger partial charge in [0.05, 0.1) is 12.2 Å². The first-order valence-electron chi connectivity index (χ1n) is 5.31. The molecule has 1 N–H and O–H groups in total. The van der Waals surface area contributed by atoms with Gasteiger partial charge in [0.1, 0.15) is 0 Å². The van der Waals surface area contributed by atoms with Crippen LogP contribution in [0.4, 0.5) is 4.39 Å². The van der Waals surface area contributed by atoms with Crippen molar-refractivity contribution in [2.24, 2.45) is 0 Å². The number of carboxylic acids is 1. The van der Waals surface area contributed by atoms with Crippen LogP contribution in [-0.4, -0.2) is 17.7 Å². The van der Waals surface area contributed by atoms with Crippen LogP contribution in [0.2, 0.25) is 0 Å². The maximum absolute atomic E-state index is 13.7. The second kappa shape index (κ2) is 5.48. The molecular weight excluding hydrogens is 223 g/mol. The summed E-state index contributed by atoms with van der Waals surface area (Å²) in [6.45, 7) is 7.29. The molecule has 0 atom stereocenters. The fourth-order valence-corrected chi connectivity index (χ4v) is 1.69. The van der Waals surface area contributed by atoms with Crippen LogP contribution in [0.3, 0.4) is 0 Å². The van der Waals surface area contributed by atoms with Gasteiger partial charge < -0.3 is 9.84 Å². The molecule has 0 unspecified atom stereocenters. The molecule has 0 spiro atoms. The van der Waals surface area contributed by atoms with Crippen LogP contribution in [0.5, 0.6) is 5.75 Å². The lowest BCUT2D eigenvalue weighted by Gasteiger charge is -2.14. The summed E-state index contributed by atoms with van der Waals surface area (Å²) in [5.74, 6) is -1.67. The number of allylic oxidation sites excluding steroid dienone is 1. The van der Waals surface area contributed by atoms with E-state index >= 15 is 0 Å². The van der Waals surface area contributed by atoms with E-state index in [-0.39, 0.29) is 11.3 Å². The number of hydrogen-bond donors (Lipinski definition) is 1. The second-order valence-corrected chi connectivity index (χ2v) is 3.57. The molecule has 0 saturated heterocycles. The van der Waals surface area contributed by atoms with Crippen LogP contribution in [0.1, 0.15) is 28.4 Å². The van der Waals surface area contributed by atoms with Gasteiger partial charge in [-0.15, -0.1) is 6.58 Å². The zero-order chi connectivity index (χ0) is 13.0. The van der Waals surface area contributed by atoms with Gasteiger partial charge in [-0.05, 0) is 31.9 Å². The van der Waals surface area contributed by atoms with Crippen LogP contribution in [0, 0.1) is 12.7 Å². The van der Waals surface area contributed by atoms with Gasteiger partial charge in [0.15, 0.2) is 11.6 Å². The molecule has 3 nitrogen and oxygen atoms in total. The van der Waals surface area contributed by atoms with Crippen LogP contribution in [0.15, 0.2) is 18.7 Å². The number of halogens is 1. The predicted molar refractivity (Wildman–Crippen MR) is 63.2 cm³/mol. The van der Waals surface area contributed by atoms with Crippen molar-refractivity contribution in [3.63, 3.8) is 0 Å². The molecule has 0 fully saturated rings. The lowest BCUT2D eigenvalue weighted by molar-refractivity contribution is 0.0695. The van der Waals surface area contributed by atoms with E-state index in [0.29, 0.717) is 24.2 Å². The van der Waals surface area contributed by atoms with E-state index in [1.54, 1.807) is 19.9 Å². The second-order valence-electron chi connectivity index (χ2n) is 3.57. The summed E-state index contributed by atoms with van der Waals surface area (Å²) in [5.41, 5.74) is 1.02. The minimum atomic E-state index is -1.14. The van der Waals surface area contributed by atoms with Gasteiger partial charge in [-0.3, -0.25) is 0 Å². The summed E-state index contributed by atoms with van der Waals surface area (Å²) in [5, 5.41) is 8.97. The topological polar surface area (TPSA) is 46.5 Å². The molecule has 0 bridgehead atoms. The highest BCUT2D eigenvalue weighted by atomic mass is 19.1. The molecule has 0 radical (unpaired) electrons. The first-order valence-corrected chi connectivity index (χ1v) is 5.31. The Hall–Kier alpha value is -1.84. The maximum Gasteiger partial charge on any atom is 0.336 e. The average Bonchev–Trinajstić information content (AvgIpc) is 2.27. The predicted octanol–water partition coefficient (Wildman–Crippen LogP) is 2.96. The van der Waals surface area contributed by atoms with Crippen molar-refractivity contribution in [1.82, 2.24) is 0 Å². The lowest BCUT2D eigenvalue weighted by atomic mass is 9.98. The summed E-state index contributed by atoms with van der Waals surface area (Å²) >= 11 is 0. The Morgan fingerprint density at radius 1 is 1.65 bits per heavy atom. The summed E-state index contributed by atoms with van der Waals surface area (Å²) in [6.07, 6.45) is 1.97. The molecule has 0 heterocycles. The zero-order valence-electron chi connectivity index (χ0n) is 9.92. The zero-order valence-corrected chi connectivity index (χ0v) is 9.92. The van der Waals surface area contributed by atoms with Gasteiger partial charge in [-0.25, -0.2) is 9.18 Å². The number of benzene rings is 1. The van der Waals surface area contributed by atoms with Crippen molar-refractivity contribution in [3.8, 4) is 5.75 Å². The van der Waals surface area contributed by atoms with Crippen molar-refractivity contribution >= 4 is 5.97 Å². The molecule has 4 heteroatoms. The molecule has 0 amide bonds. The molecule has 17 heavy (non-hydrogen) atoms. The van der Waals surface area contributed by atoms with E-state index in [2.05, 4.69) is 6.58 Å². The Kier molecular flexibility index (Phi) is 4.26. The van der Waals surface area contributed by atoms with E-state index < -0.39 is 11.8 Å². The number of carbonyl (C=O) groups is 1. The normalized spacial score (nSPS) is 10.1. The Labute approximate surface area is 99.5 Å². The van der Waals surface area contributed by atoms with E-state index in [1.807, 2.05) is 0 Å². The Bertz CT molecular complexity index is 452.